The van der Waals surface area contributed by atoms with Crippen LogP contribution < -0.4 is 11.1 Å². The van der Waals surface area contributed by atoms with E-state index in [1.807, 2.05) is 0 Å². The fourth-order valence-electron chi connectivity index (χ4n) is 1.09. The molecule has 1 saturated carbocycles. The number of rotatable bonds is 4. The molecule has 80 valence electrons. The molecule has 0 aromatic carbocycles. The number of carbonyl (C=O) groups excluding carboxylic acids is 1. The van der Waals surface area contributed by atoms with Gasteiger partial charge in [-0.15, -0.1) is 0 Å². The Kier molecular flexibility index (Phi) is 2.54. The lowest BCUT2D eigenvalue weighted by atomic mass is 10.0. The van der Waals surface area contributed by atoms with Crippen molar-refractivity contribution in [1.29, 1.82) is 0 Å². The van der Waals surface area contributed by atoms with Crippen LogP contribution in [-0.2, 0) is 9.59 Å². The molecule has 1 aliphatic carbocycles. The normalized spacial score (nSPS) is 18.8. The number of hydrogen-bond acceptors (Lipinski definition) is 3. The maximum Gasteiger partial charge on any atom is 0.311 e. The van der Waals surface area contributed by atoms with E-state index in [0.717, 1.165) is 0 Å². The second-order valence-corrected chi connectivity index (χ2v) is 4.49. The van der Waals surface area contributed by atoms with Gasteiger partial charge in [0.15, 0.2) is 0 Å². The van der Waals surface area contributed by atoms with E-state index in [9.17, 15) is 9.59 Å². The predicted octanol–water partition coefficient (Wildman–Crippen LogP) is -0.295. The molecule has 0 aromatic rings. The zero-order valence-electron chi connectivity index (χ0n) is 8.46. The molecule has 0 aromatic heterocycles. The van der Waals surface area contributed by atoms with Crippen molar-refractivity contribution in [3.63, 3.8) is 0 Å². The lowest BCUT2D eigenvalue weighted by molar-refractivity contribution is -0.143. The molecule has 0 spiro atoms. The Hall–Kier alpha value is -1.10. The van der Waals surface area contributed by atoms with Crippen molar-refractivity contribution in [2.45, 2.75) is 32.2 Å². The van der Waals surface area contributed by atoms with Gasteiger partial charge in [-0.3, -0.25) is 9.59 Å². The second kappa shape index (κ2) is 3.24. The summed E-state index contributed by atoms with van der Waals surface area (Å²) < 4.78 is 0. The Morgan fingerprint density at radius 2 is 2.00 bits per heavy atom. The van der Waals surface area contributed by atoms with E-state index in [1.165, 1.54) is 0 Å². The summed E-state index contributed by atoms with van der Waals surface area (Å²) in [5.74, 6) is -1.15. The van der Waals surface area contributed by atoms with Crippen LogP contribution in [0.4, 0.5) is 0 Å². The summed E-state index contributed by atoms with van der Waals surface area (Å²) in [6.07, 6.45) is 1.27. The van der Waals surface area contributed by atoms with E-state index in [4.69, 9.17) is 10.8 Å². The maximum atomic E-state index is 11.3. The Balaban J connectivity index is 2.42. The maximum absolute atomic E-state index is 11.3. The van der Waals surface area contributed by atoms with E-state index in [2.05, 4.69) is 5.32 Å². The van der Waals surface area contributed by atoms with Gasteiger partial charge in [-0.05, 0) is 26.7 Å². The quantitative estimate of drug-likeness (QED) is 0.581. The topological polar surface area (TPSA) is 92.4 Å². The minimum Gasteiger partial charge on any atom is -0.481 e. The van der Waals surface area contributed by atoms with Crippen LogP contribution in [0.15, 0.2) is 0 Å². The molecule has 0 heterocycles. The van der Waals surface area contributed by atoms with Gasteiger partial charge in [-0.2, -0.15) is 0 Å². The van der Waals surface area contributed by atoms with Gasteiger partial charge in [0, 0.05) is 6.54 Å². The summed E-state index contributed by atoms with van der Waals surface area (Å²) >= 11 is 0. The molecule has 0 atom stereocenters. The number of nitrogens with one attached hydrogen (secondary N) is 1. The highest BCUT2D eigenvalue weighted by Gasteiger charge is 2.50. The van der Waals surface area contributed by atoms with Crippen LogP contribution in [0, 0.1) is 5.41 Å². The third kappa shape index (κ3) is 2.23. The van der Waals surface area contributed by atoms with Gasteiger partial charge < -0.3 is 16.2 Å². The second-order valence-electron chi connectivity index (χ2n) is 4.49. The van der Waals surface area contributed by atoms with E-state index >= 15 is 0 Å². The molecule has 0 radical (unpaired) electrons. The standard InChI is InChI=1S/C9H16N2O3/c1-8(2,10)6(12)11-5-9(3-4-9)7(13)14/h3-5,10H2,1-2H3,(H,11,12)(H,13,14). The van der Waals surface area contributed by atoms with Crippen molar-refractivity contribution in [2.24, 2.45) is 11.1 Å². The zero-order valence-corrected chi connectivity index (χ0v) is 8.46. The van der Waals surface area contributed by atoms with Gasteiger partial charge in [0.2, 0.25) is 5.91 Å². The number of carboxylic acid groups (broad SMARTS) is 1. The first-order valence-electron chi connectivity index (χ1n) is 4.58. The molecule has 5 nitrogen and oxygen atoms in total. The highest BCUT2D eigenvalue weighted by atomic mass is 16.4. The smallest absolute Gasteiger partial charge is 0.311 e. The largest absolute Gasteiger partial charge is 0.481 e. The zero-order chi connectivity index (χ0) is 11.0. The Morgan fingerprint density at radius 3 is 2.29 bits per heavy atom. The van der Waals surface area contributed by atoms with Crippen molar-refractivity contribution in [1.82, 2.24) is 5.32 Å². The number of carboxylic acids is 1. The first kappa shape index (κ1) is 11.0. The fraction of sp³-hybridized carbons (Fsp3) is 0.778. The summed E-state index contributed by atoms with van der Waals surface area (Å²) in [7, 11) is 0. The van der Waals surface area contributed by atoms with Crippen molar-refractivity contribution >= 4 is 11.9 Å². The van der Waals surface area contributed by atoms with Crippen LogP contribution in [0.2, 0.25) is 0 Å². The molecule has 0 aliphatic heterocycles. The Labute approximate surface area is 82.7 Å². The van der Waals surface area contributed by atoms with Crippen molar-refractivity contribution in [3.8, 4) is 0 Å². The molecule has 1 rings (SSSR count). The molecule has 5 heteroatoms. The van der Waals surface area contributed by atoms with E-state index in [1.54, 1.807) is 13.8 Å². The predicted molar refractivity (Wildman–Crippen MR) is 50.6 cm³/mol. The summed E-state index contributed by atoms with van der Waals surface area (Å²) in [4.78, 5) is 22.1. The summed E-state index contributed by atoms with van der Waals surface area (Å²) in [5, 5.41) is 11.4. The lowest BCUT2D eigenvalue weighted by Gasteiger charge is -2.19. The molecule has 0 saturated heterocycles. The van der Waals surface area contributed by atoms with Gasteiger partial charge in [0.05, 0.1) is 11.0 Å². The minimum atomic E-state index is -0.950. The summed E-state index contributed by atoms with van der Waals surface area (Å²) in [6.45, 7) is 3.35. The molecular weight excluding hydrogens is 184 g/mol. The summed E-state index contributed by atoms with van der Waals surface area (Å²) in [5.41, 5.74) is 3.87. The highest BCUT2D eigenvalue weighted by molar-refractivity contribution is 5.86. The third-order valence-electron chi connectivity index (χ3n) is 2.48. The molecule has 1 amide bonds. The van der Waals surface area contributed by atoms with Crippen LogP contribution in [0.5, 0.6) is 0 Å². The molecule has 0 unspecified atom stereocenters. The van der Waals surface area contributed by atoms with Gasteiger partial charge in [0.1, 0.15) is 0 Å². The van der Waals surface area contributed by atoms with Crippen molar-refractivity contribution in [3.05, 3.63) is 0 Å². The number of nitrogens with two attached hydrogens (primary N) is 1. The van der Waals surface area contributed by atoms with Gasteiger partial charge in [-0.25, -0.2) is 0 Å². The monoisotopic (exact) mass is 200 g/mol. The number of carbonyl (C=O) groups is 2. The van der Waals surface area contributed by atoms with Gasteiger partial charge >= 0.3 is 5.97 Å². The number of aliphatic carboxylic acids is 1. The average Bonchev–Trinajstić information content (AvgIpc) is 2.78. The molecular formula is C9H16N2O3. The van der Waals surface area contributed by atoms with Crippen LogP contribution in [0.25, 0.3) is 0 Å². The molecule has 0 bridgehead atoms. The Bertz CT molecular complexity index is 264. The van der Waals surface area contributed by atoms with Crippen molar-refractivity contribution < 1.29 is 14.7 Å². The third-order valence-corrected chi connectivity index (χ3v) is 2.48. The molecule has 1 fully saturated rings. The molecule has 4 N–H and O–H groups in total. The van der Waals surface area contributed by atoms with Gasteiger partial charge in [0.25, 0.3) is 0 Å². The molecule has 1 aliphatic rings. The van der Waals surface area contributed by atoms with Crippen LogP contribution in [-0.4, -0.2) is 29.1 Å². The minimum absolute atomic E-state index is 0.182. The molecule has 14 heavy (non-hydrogen) atoms. The van der Waals surface area contributed by atoms with E-state index in [0.29, 0.717) is 12.8 Å². The van der Waals surface area contributed by atoms with Crippen molar-refractivity contribution in [2.75, 3.05) is 6.54 Å². The van der Waals surface area contributed by atoms with E-state index < -0.39 is 16.9 Å². The van der Waals surface area contributed by atoms with Crippen LogP contribution in [0.3, 0.4) is 0 Å². The number of amides is 1. The first-order chi connectivity index (χ1) is 6.28. The highest BCUT2D eigenvalue weighted by Crippen LogP contribution is 2.45. The average molecular weight is 200 g/mol. The van der Waals surface area contributed by atoms with Crippen LogP contribution in [0.1, 0.15) is 26.7 Å². The van der Waals surface area contributed by atoms with Gasteiger partial charge in [-0.1, -0.05) is 0 Å². The summed E-state index contributed by atoms with van der Waals surface area (Å²) in [6, 6.07) is 0. The SMILES string of the molecule is CC(C)(N)C(=O)NCC1(C(=O)O)CC1. The fourth-order valence-corrected chi connectivity index (χ4v) is 1.09. The first-order valence-corrected chi connectivity index (χ1v) is 4.58. The number of hydrogen-bond donors (Lipinski definition) is 3. The van der Waals surface area contributed by atoms with Crippen LogP contribution >= 0.6 is 0 Å². The van der Waals surface area contributed by atoms with E-state index in [-0.39, 0.29) is 12.5 Å². The Morgan fingerprint density at radius 1 is 1.50 bits per heavy atom. The lowest BCUT2D eigenvalue weighted by Crippen LogP contribution is -2.50.